The first-order valence-electron chi connectivity index (χ1n) is 14.8. The fourth-order valence-electron chi connectivity index (χ4n) is 4.44. The van der Waals surface area contributed by atoms with Crippen molar-refractivity contribution in [1.82, 2.24) is 10.6 Å². The molecule has 0 fully saturated rings. The van der Waals surface area contributed by atoms with Crippen molar-refractivity contribution in [2.45, 2.75) is 102 Å². The quantitative estimate of drug-likeness (QED) is 0.0766. The van der Waals surface area contributed by atoms with Gasteiger partial charge in [-0.1, -0.05) is 25.3 Å². The molecule has 0 aromatic carbocycles. The smallest absolute Gasteiger partial charge is 0.398 e. The van der Waals surface area contributed by atoms with Crippen LogP contribution in [-0.2, 0) is 31.0 Å². The summed E-state index contributed by atoms with van der Waals surface area (Å²) in [6.45, 7) is 14.3. The average molecular weight is 615 g/mol. The van der Waals surface area contributed by atoms with E-state index in [4.69, 9.17) is 31.0 Å². The highest BCUT2D eigenvalue weighted by atomic mass is 28.4. The second-order valence-electron chi connectivity index (χ2n) is 10.0. The summed E-state index contributed by atoms with van der Waals surface area (Å²) >= 11 is 0. The molecule has 0 aliphatic carbocycles. The van der Waals surface area contributed by atoms with Crippen LogP contribution in [0.1, 0.15) is 59.3 Å². The van der Waals surface area contributed by atoms with Crippen LogP contribution >= 0.6 is 0 Å². The maximum atomic E-state index is 5.99. The van der Waals surface area contributed by atoms with Crippen LogP contribution in [0.4, 0.5) is 0 Å². The predicted molar refractivity (Wildman–Crippen MR) is 167 cm³/mol. The molecule has 0 radical (unpaired) electrons. The Morgan fingerprint density at radius 1 is 0.579 bits per heavy atom. The summed E-state index contributed by atoms with van der Waals surface area (Å²) in [6.07, 6.45) is 7.00. The van der Waals surface area contributed by atoms with Gasteiger partial charge in [0.2, 0.25) is 0 Å². The molecule has 0 rings (SSSR count). The molecule has 0 heterocycles. The van der Waals surface area contributed by atoms with Crippen molar-refractivity contribution in [2.75, 3.05) is 61.3 Å². The summed E-state index contributed by atoms with van der Waals surface area (Å²) in [5.74, 6) is 0.444. The van der Waals surface area contributed by atoms with Crippen molar-refractivity contribution in [3.63, 3.8) is 0 Å². The maximum absolute atomic E-state index is 5.99. The van der Waals surface area contributed by atoms with Crippen LogP contribution in [0.25, 0.3) is 0 Å². The molecule has 0 aliphatic heterocycles. The summed E-state index contributed by atoms with van der Waals surface area (Å²) < 4.78 is 40.5. The highest BCUT2D eigenvalue weighted by Gasteiger charge is 2.39. The number of rotatable bonds is 28. The Morgan fingerprint density at radius 3 is 1.39 bits per heavy atom. The summed E-state index contributed by atoms with van der Waals surface area (Å²) in [5, 5.41) is 7.59. The summed E-state index contributed by atoms with van der Waals surface area (Å²) in [5.41, 5.74) is 0. The molecule has 0 aromatic heterocycles. The van der Waals surface area contributed by atoms with Crippen molar-refractivity contribution < 1.29 is 31.0 Å². The van der Waals surface area contributed by atoms with E-state index < -0.39 is 25.9 Å². The lowest BCUT2D eigenvalue weighted by molar-refractivity contribution is 0.0706. The first-order chi connectivity index (χ1) is 18.2. The van der Waals surface area contributed by atoms with Crippen molar-refractivity contribution >= 4 is 35.4 Å². The zero-order valence-corrected chi connectivity index (χ0v) is 30.7. The Bertz CT molecular complexity index is 505. The lowest BCUT2D eigenvalue weighted by Gasteiger charge is -2.28. The first kappa shape index (κ1) is 38.5. The van der Waals surface area contributed by atoms with E-state index in [1.807, 2.05) is 20.8 Å². The van der Waals surface area contributed by atoms with Gasteiger partial charge in [0.25, 0.3) is 0 Å². The molecule has 0 saturated carbocycles. The van der Waals surface area contributed by atoms with Crippen molar-refractivity contribution in [1.29, 1.82) is 0 Å². The molecule has 13 heteroatoms. The lowest BCUT2D eigenvalue weighted by Crippen LogP contribution is -2.48. The molecule has 0 atom stereocenters. The molecule has 0 bridgehead atoms. The molecule has 230 valence electrons. The highest BCUT2D eigenvalue weighted by molar-refractivity contribution is 6.66. The van der Waals surface area contributed by atoms with Gasteiger partial charge in [-0.05, 0) is 78.3 Å². The topological polar surface area (TPSA) is 88.7 Å². The Kier molecular flexibility index (Phi) is 23.4. The van der Waals surface area contributed by atoms with Crippen molar-refractivity contribution in [2.24, 2.45) is 0 Å². The van der Waals surface area contributed by atoms with Crippen LogP contribution in [-0.4, -0.2) is 103 Å². The summed E-state index contributed by atoms with van der Waals surface area (Å²) in [6, 6.07) is 4.26. The van der Waals surface area contributed by atoms with Gasteiger partial charge in [-0.3, -0.25) is 0 Å². The number of hydrogen-bond donors (Lipinski definition) is 2. The molecule has 0 amide bonds. The van der Waals surface area contributed by atoms with Crippen molar-refractivity contribution in [3.05, 3.63) is 0 Å². The van der Waals surface area contributed by atoms with Gasteiger partial charge in [0.05, 0.1) is 9.52 Å². The molecule has 0 aromatic rings. The average Bonchev–Trinajstić information content (AvgIpc) is 2.92. The molecular formula is C25H62N2O7Si4. The third kappa shape index (κ3) is 17.3. The SMILES string of the molecule is CCO[Si](CCCCCC[SiH2]C(NCCC[Si](C)(OC)OC)NCCC[Si](C)(OC)OC)(OCC)OCC. The fraction of sp³-hybridized carbons (Fsp3) is 1.00. The minimum absolute atomic E-state index is 0.296. The molecule has 38 heavy (non-hydrogen) atoms. The summed E-state index contributed by atoms with van der Waals surface area (Å²) in [4.78, 5) is 0. The normalized spacial score (nSPS) is 13.4. The van der Waals surface area contributed by atoms with E-state index in [2.05, 4.69) is 23.7 Å². The van der Waals surface area contributed by atoms with Gasteiger partial charge in [-0.2, -0.15) is 0 Å². The Hall–Kier alpha value is 0.508. The van der Waals surface area contributed by atoms with Crippen LogP contribution in [0, 0.1) is 0 Å². The number of hydrogen-bond acceptors (Lipinski definition) is 9. The predicted octanol–water partition coefficient (Wildman–Crippen LogP) is 4.15. The molecule has 2 N–H and O–H groups in total. The highest BCUT2D eigenvalue weighted by Crippen LogP contribution is 2.21. The minimum atomic E-state index is -2.50. The van der Waals surface area contributed by atoms with Gasteiger partial charge in [-0.25, -0.2) is 0 Å². The molecule has 0 unspecified atom stereocenters. The van der Waals surface area contributed by atoms with E-state index in [1.54, 1.807) is 28.4 Å². The van der Waals surface area contributed by atoms with Crippen LogP contribution in [0.5, 0.6) is 0 Å². The third-order valence-corrected chi connectivity index (χ3v) is 18.4. The van der Waals surface area contributed by atoms with Gasteiger partial charge < -0.3 is 41.6 Å². The van der Waals surface area contributed by atoms with Crippen LogP contribution in [0.2, 0.25) is 37.3 Å². The molecule has 9 nitrogen and oxygen atoms in total. The van der Waals surface area contributed by atoms with Crippen LogP contribution in [0.3, 0.4) is 0 Å². The van der Waals surface area contributed by atoms with Gasteiger partial charge in [-0.15, -0.1) is 0 Å². The van der Waals surface area contributed by atoms with E-state index in [0.29, 0.717) is 25.6 Å². The second-order valence-corrected chi connectivity index (χ2v) is 22.0. The Balaban J connectivity index is 4.53. The monoisotopic (exact) mass is 614 g/mol. The fourth-order valence-corrected chi connectivity index (χ4v) is 11.8. The van der Waals surface area contributed by atoms with Crippen molar-refractivity contribution in [3.8, 4) is 0 Å². The van der Waals surface area contributed by atoms with Gasteiger partial charge in [0.1, 0.15) is 0 Å². The second kappa shape index (κ2) is 23.1. The van der Waals surface area contributed by atoms with E-state index in [-0.39, 0.29) is 9.52 Å². The molecule has 0 saturated heterocycles. The largest absolute Gasteiger partial charge is 0.500 e. The van der Waals surface area contributed by atoms with E-state index in [1.165, 1.54) is 25.3 Å². The third-order valence-electron chi connectivity index (χ3n) is 7.19. The number of unbranched alkanes of at least 4 members (excludes halogenated alkanes) is 3. The lowest BCUT2D eigenvalue weighted by atomic mass is 10.2. The zero-order valence-electron chi connectivity index (χ0n) is 26.2. The van der Waals surface area contributed by atoms with E-state index in [9.17, 15) is 0 Å². The number of nitrogens with one attached hydrogen (secondary N) is 2. The molecule has 0 spiro atoms. The Morgan fingerprint density at radius 2 is 1.00 bits per heavy atom. The van der Waals surface area contributed by atoms with E-state index >= 15 is 0 Å². The van der Waals surface area contributed by atoms with Gasteiger partial charge in [0, 0.05) is 60.1 Å². The maximum Gasteiger partial charge on any atom is 0.500 e. The van der Waals surface area contributed by atoms with Gasteiger partial charge >= 0.3 is 25.9 Å². The molecule has 0 aliphatic rings. The first-order valence-corrected chi connectivity index (χ1v) is 23.6. The standard InChI is InChI=1S/C25H62N2O7Si4/c1-10-32-38(33-11-2,34-12-3)24-16-14-13-15-21-35-25(26-19-17-22-36(8,28-4)29-5)27-20-18-23-37(9,30-6)31-7/h25-27H,10-24,35H2,1-9H3. The Labute approximate surface area is 240 Å². The summed E-state index contributed by atoms with van der Waals surface area (Å²) in [7, 11) is 0.277. The van der Waals surface area contributed by atoms with Crippen LogP contribution in [0.15, 0.2) is 0 Å². The van der Waals surface area contributed by atoms with Gasteiger partial charge in [0.15, 0.2) is 0 Å². The van der Waals surface area contributed by atoms with E-state index in [0.717, 1.165) is 50.5 Å². The molecular weight excluding hydrogens is 553 g/mol. The zero-order chi connectivity index (χ0) is 28.8. The minimum Gasteiger partial charge on any atom is -0.398 e. The van der Waals surface area contributed by atoms with Crippen LogP contribution < -0.4 is 10.6 Å².